The molecule has 1 heterocycles. The smallest absolute Gasteiger partial charge is 0.343 e. The Balaban J connectivity index is 1.43. The first-order chi connectivity index (χ1) is 15.7. The summed E-state index contributed by atoms with van der Waals surface area (Å²) in [6.45, 7) is 2.91. The minimum Gasteiger partial charge on any atom is -0.494 e. The predicted molar refractivity (Wildman–Crippen MR) is 124 cm³/mol. The quantitative estimate of drug-likeness (QED) is 0.161. The van der Waals surface area contributed by atoms with E-state index in [1.54, 1.807) is 54.7 Å². The maximum atomic E-state index is 12.4. The molecular formula is C25H28N4O3. The Labute approximate surface area is 188 Å². The molecule has 3 aromatic rings. The second-order valence-electron chi connectivity index (χ2n) is 7.30. The SMILES string of the molecule is CCCCCCCCOc1ccc(C(=O)Oc2ccc(/C=N/c3nccnn3)cc2)cc1. The van der Waals surface area contributed by atoms with Gasteiger partial charge in [0.05, 0.1) is 24.6 Å². The van der Waals surface area contributed by atoms with E-state index in [0.717, 1.165) is 17.7 Å². The van der Waals surface area contributed by atoms with Crippen LogP contribution in [0.1, 0.15) is 61.4 Å². The first-order valence-corrected chi connectivity index (χ1v) is 11.0. The third kappa shape index (κ3) is 7.91. The van der Waals surface area contributed by atoms with E-state index in [9.17, 15) is 4.79 Å². The number of esters is 1. The molecule has 166 valence electrons. The highest BCUT2D eigenvalue weighted by atomic mass is 16.5. The molecule has 7 nitrogen and oxygen atoms in total. The number of carbonyl (C=O) groups is 1. The molecule has 32 heavy (non-hydrogen) atoms. The van der Waals surface area contributed by atoms with Gasteiger partial charge in [-0.2, -0.15) is 5.10 Å². The molecule has 0 amide bonds. The predicted octanol–water partition coefficient (Wildman–Crippen LogP) is 5.58. The average Bonchev–Trinajstić information content (AvgIpc) is 2.84. The Morgan fingerprint density at radius 3 is 2.34 bits per heavy atom. The van der Waals surface area contributed by atoms with Crippen LogP contribution in [0.4, 0.5) is 5.95 Å². The number of carbonyl (C=O) groups excluding carboxylic acids is 1. The number of hydrogen-bond acceptors (Lipinski definition) is 7. The number of unbranched alkanes of at least 4 members (excludes halogenated alkanes) is 5. The van der Waals surface area contributed by atoms with Crippen LogP contribution in [0.3, 0.4) is 0 Å². The van der Waals surface area contributed by atoms with Crippen LogP contribution < -0.4 is 9.47 Å². The number of ether oxygens (including phenoxy) is 2. The minimum absolute atomic E-state index is 0.280. The molecule has 0 saturated heterocycles. The first-order valence-electron chi connectivity index (χ1n) is 11.0. The molecule has 7 heteroatoms. The summed E-state index contributed by atoms with van der Waals surface area (Å²) in [6.07, 6.45) is 12.0. The lowest BCUT2D eigenvalue weighted by Crippen LogP contribution is -2.08. The largest absolute Gasteiger partial charge is 0.494 e. The van der Waals surface area contributed by atoms with Gasteiger partial charge in [0.1, 0.15) is 11.5 Å². The van der Waals surface area contributed by atoms with Gasteiger partial charge in [0.15, 0.2) is 0 Å². The van der Waals surface area contributed by atoms with Gasteiger partial charge in [0, 0.05) is 6.21 Å². The molecule has 2 aromatic carbocycles. The lowest BCUT2D eigenvalue weighted by atomic mass is 10.1. The fourth-order valence-electron chi connectivity index (χ4n) is 2.98. The molecule has 0 saturated carbocycles. The Morgan fingerprint density at radius 2 is 1.62 bits per heavy atom. The van der Waals surface area contributed by atoms with Gasteiger partial charge in [-0.1, -0.05) is 39.0 Å². The summed E-state index contributed by atoms with van der Waals surface area (Å²) in [5, 5.41) is 7.50. The maximum Gasteiger partial charge on any atom is 0.343 e. The van der Waals surface area contributed by atoms with Gasteiger partial charge in [-0.25, -0.2) is 14.8 Å². The number of rotatable bonds is 12. The molecule has 0 aliphatic heterocycles. The molecular weight excluding hydrogens is 404 g/mol. The van der Waals surface area contributed by atoms with Crippen molar-refractivity contribution in [3.8, 4) is 11.5 Å². The molecule has 1 aromatic heterocycles. The Hall–Kier alpha value is -3.61. The second-order valence-corrected chi connectivity index (χ2v) is 7.30. The zero-order chi connectivity index (χ0) is 22.4. The highest BCUT2D eigenvalue weighted by molar-refractivity contribution is 5.91. The van der Waals surface area contributed by atoms with Gasteiger partial charge in [-0.15, -0.1) is 5.10 Å². The van der Waals surface area contributed by atoms with Gasteiger partial charge in [-0.05, 0) is 60.5 Å². The summed E-state index contributed by atoms with van der Waals surface area (Å²) in [5.41, 5.74) is 1.29. The van der Waals surface area contributed by atoms with Crippen molar-refractivity contribution >= 4 is 18.1 Å². The molecule has 0 radical (unpaired) electrons. The van der Waals surface area contributed by atoms with Crippen molar-refractivity contribution < 1.29 is 14.3 Å². The topological polar surface area (TPSA) is 86.6 Å². The van der Waals surface area contributed by atoms with E-state index < -0.39 is 5.97 Å². The zero-order valence-electron chi connectivity index (χ0n) is 18.3. The third-order valence-electron chi connectivity index (χ3n) is 4.75. The Bertz CT molecular complexity index is 974. The van der Waals surface area contributed by atoms with E-state index in [-0.39, 0.29) is 5.95 Å². The molecule has 0 aliphatic carbocycles. The lowest BCUT2D eigenvalue weighted by Gasteiger charge is -2.08. The number of aliphatic imine (C=N–C) groups is 1. The normalized spacial score (nSPS) is 10.9. The molecule has 0 unspecified atom stereocenters. The number of hydrogen-bond donors (Lipinski definition) is 0. The third-order valence-corrected chi connectivity index (χ3v) is 4.75. The van der Waals surface area contributed by atoms with Crippen LogP contribution in [0.15, 0.2) is 65.9 Å². The molecule has 0 aliphatic rings. The van der Waals surface area contributed by atoms with Gasteiger partial charge in [0.2, 0.25) is 0 Å². The standard InChI is InChI=1S/C25H28N4O3/c1-2-3-4-5-6-7-18-31-22-14-10-21(11-15-22)24(30)32-23-12-8-20(9-13-23)19-27-25-26-16-17-28-29-25/h8-17,19H,2-7,18H2,1H3/b27-19+. The van der Waals surface area contributed by atoms with Crippen molar-refractivity contribution in [2.45, 2.75) is 45.4 Å². The van der Waals surface area contributed by atoms with Gasteiger partial charge >= 0.3 is 5.97 Å². The minimum atomic E-state index is -0.419. The van der Waals surface area contributed by atoms with Gasteiger partial charge in [-0.3, -0.25) is 0 Å². The van der Waals surface area contributed by atoms with Crippen LogP contribution in [0.2, 0.25) is 0 Å². The fourth-order valence-corrected chi connectivity index (χ4v) is 2.98. The summed E-state index contributed by atoms with van der Waals surface area (Å²) in [4.78, 5) is 20.5. The van der Waals surface area contributed by atoms with Crippen LogP contribution >= 0.6 is 0 Å². The van der Waals surface area contributed by atoms with Crippen LogP contribution in [0.25, 0.3) is 0 Å². The van der Waals surface area contributed by atoms with Crippen molar-refractivity contribution in [1.29, 1.82) is 0 Å². The number of aromatic nitrogens is 3. The highest BCUT2D eigenvalue weighted by Gasteiger charge is 2.09. The first kappa shape index (κ1) is 23.1. The highest BCUT2D eigenvalue weighted by Crippen LogP contribution is 2.17. The Kier molecular flexibility index (Phi) is 9.33. The van der Waals surface area contributed by atoms with Crippen molar-refractivity contribution in [3.63, 3.8) is 0 Å². The van der Waals surface area contributed by atoms with Crippen molar-refractivity contribution in [1.82, 2.24) is 15.2 Å². The zero-order valence-corrected chi connectivity index (χ0v) is 18.3. The average molecular weight is 433 g/mol. The van der Waals surface area contributed by atoms with Crippen LogP contribution in [0.5, 0.6) is 11.5 Å². The number of benzene rings is 2. The van der Waals surface area contributed by atoms with E-state index in [1.807, 2.05) is 0 Å². The monoisotopic (exact) mass is 432 g/mol. The van der Waals surface area contributed by atoms with Crippen molar-refractivity contribution in [3.05, 3.63) is 72.1 Å². The van der Waals surface area contributed by atoms with Gasteiger partial charge in [0.25, 0.3) is 5.95 Å². The van der Waals surface area contributed by atoms with Crippen molar-refractivity contribution in [2.75, 3.05) is 6.61 Å². The molecule has 0 bridgehead atoms. The molecule has 0 N–H and O–H groups in total. The fraction of sp³-hybridized carbons (Fsp3) is 0.320. The molecule has 0 fully saturated rings. The summed E-state index contributed by atoms with van der Waals surface area (Å²) < 4.78 is 11.2. The van der Waals surface area contributed by atoms with E-state index in [0.29, 0.717) is 17.9 Å². The summed E-state index contributed by atoms with van der Waals surface area (Å²) >= 11 is 0. The summed E-state index contributed by atoms with van der Waals surface area (Å²) in [7, 11) is 0. The van der Waals surface area contributed by atoms with Crippen molar-refractivity contribution in [2.24, 2.45) is 4.99 Å². The molecule has 0 atom stereocenters. The van der Waals surface area contributed by atoms with E-state index in [4.69, 9.17) is 9.47 Å². The van der Waals surface area contributed by atoms with E-state index >= 15 is 0 Å². The second kappa shape index (κ2) is 12.9. The van der Waals surface area contributed by atoms with Gasteiger partial charge < -0.3 is 9.47 Å². The summed E-state index contributed by atoms with van der Waals surface area (Å²) in [6, 6.07) is 14.0. The molecule has 0 spiro atoms. The van der Waals surface area contributed by atoms with E-state index in [2.05, 4.69) is 27.1 Å². The van der Waals surface area contributed by atoms with E-state index in [1.165, 1.54) is 44.5 Å². The lowest BCUT2D eigenvalue weighted by molar-refractivity contribution is 0.0734. The number of nitrogens with zero attached hydrogens (tertiary/aromatic N) is 4. The van der Waals surface area contributed by atoms with Crippen LogP contribution in [-0.2, 0) is 0 Å². The van der Waals surface area contributed by atoms with Crippen LogP contribution in [0, 0.1) is 0 Å². The Morgan fingerprint density at radius 1 is 0.906 bits per heavy atom. The maximum absolute atomic E-state index is 12.4. The summed E-state index contributed by atoms with van der Waals surface area (Å²) in [5.74, 6) is 1.07. The van der Waals surface area contributed by atoms with Crippen LogP contribution in [-0.4, -0.2) is 34.0 Å². The molecule has 3 rings (SSSR count).